The number of rotatable bonds is 1. The molecule has 0 aliphatic carbocycles. The standard InChI is InChI=1S/C16H18N4O/c1-8-5-9(2)12(10(3)6-8)11-7-20(4)14-13(11)15(21)19-16(17)18-14/h5-7H,1-4H3,(H3,17,18,19,21). The smallest absolute Gasteiger partial charge is 0.262 e. The fourth-order valence-electron chi connectivity index (χ4n) is 3.09. The first-order valence-corrected chi connectivity index (χ1v) is 6.81. The van der Waals surface area contributed by atoms with Gasteiger partial charge in [-0.15, -0.1) is 0 Å². The molecule has 21 heavy (non-hydrogen) atoms. The Labute approximate surface area is 122 Å². The van der Waals surface area contributed by atoms with Gasteiger partial charge in [-0.25, -0.2) is 0 Å². The highest BCUT2D eigenvalue weighted by Crippen LogP contribution is 2.33. The van der Waals surface area contributed by atoms with Gasteiger partial charge in [0.05, 0.1) is 5.39 Å². The highest BCUT2D eigenvalue weighted by atomic mass is 16.1. The first kappa shape index (κ1) is 13.4. The van der Waals surface area contributed by atoms with E-state index >= 15 is 0 Å². The SMILES string of the molecule is Cc1cc(C)c(-c2cn(C)c3nc(N)[nH]c(=O)c23)c(C)c1. The molecule has 0 saturated carbocycles. The Hall–Kier alpha value is -2.56. The van der Waals surface area contributed by atoms with Gasteiger partial charge >= 0.3 is 0 Å². The molecule has 0 bridgehead atoms. The van der Waals surface area contributed by atoms with Crippen LogP contribution in [0.25, 0.3) is 22.2 Å². The van der Waals surface area contributed by atoms with E-state index in [9.17, 15) is 4.79 Å². The number of aromatic nitrogens is 3. The molecular weight excluding hydrogens is 264 g/mol. The van der Waals surface area contributed by atoms with Crippen molar-refractivity contribution in [3.05, 3.63) is 45.4 Å². The van der Waals surface area contributed by atoms with E-state index in [0.717, 1.165) is 22.3 Å². The first-order valence-electron chi connectivity index (χ1n) is 6.81. The number of hydrogen-bond acceptors (Lipinski definition) is 3. The van der Waals surface area contributed by atoms with Crippen LogP contribution in [-0.2, 0) is 7.05 Å². The molecule has 3 aromatic rings. The van der Waals surface area contributed by atoms with Crippen LogP contribution in [0.4, 0.5) is 5.95 Å². The molecule has 0 atom stereocenters. The summed E-state index contributed by atoms with van der Waals surface area (Å²) >= 11 is 0. The minimum atomic E-state index is -0.201. The lowest BCUT2D eigenvalue weighted by molar-refractivity contribution is 0.944. The first-order chi connectivity index (χ1) is 9.88. The molecule has 2 aromatic heterocycles. The van der Waals surface area contributed by atoms with Gasteiger partial charge < -0.3 is 10.3 Å². The summed E-state index contributed by atoms with van der Waals surface area (Å²) in [6.45, 7) is 6.20. The number of benzene rings is 1. The number of nitrogen functional groups attached to an aromatic ring is 1. The Morgan fingerprint density at radius 3 is 2.43 bits per heavy atom. The monoisotopic (exact) mass is 282 g/mol. The van der Waals surface area contributed by atoms with Gasteiger partial charge in [-0.05, 0) is 37.5 Å². The number of nitrogens with one attached hydrogen (secondary N) is 1. The summed E-state index contributed by atoms with van der Waals surface area (Å²) in [6, 6.07) is 4.25. The fourth-order valence-corrected chi connectivity index (χ4v) is 3.09. The summed E-state index contributed by atoms with van der Waals surface area (Å²) in [5.74, 6) is 0.137. The zero-order valence-electron chi connectivity index (χ0n) is 12.6. The molecule has 0 fully saturated rings. The summed E-state index contributed by atoms with van der Waals surface area (Å²) < 4.78 is 1.84. The summed E-state index contributed by atoms with van der Waals surface area (Å²) in [7, 11) is 1.87. The molecular formula is C16H18N4O. The van der Waals surface area contributed by atoms with Gasteiger partial charge in [-0.2, -0.15) is 4.98 Å². The van der Waals surface area contributed by atoms with Crippen molar-refractivity contribution in [1.82, 2.24) is 14.5 Å². The molecule has 1 aromatic carbocycles. The third-order valence-corrected chi connectivity index (χ3v) is 3.79. The van der Waals surface area contributed by atoms with Crippen LogP contribution < -0.4 is 11.3 Å². The summed E-state index contributed by atoms with van der Waals surface area (Å²) in [5, 5.41) is 0.585. The molecule has 0 aliphatic rings. The van der Waals surface area contributed by atoms with Crippen LogP contribution in [0, 0.1) is 20.8 Å². The van der Waals surface area contributed by atoms with E-state index < -0.39 is 0 Å². The van der Waals surface area contributed by atoms with E-state index in [1.807, 2.05) is 17.8 Å². The number of fused-ring (bicyclic) bond motifs is 1. The van der Waals surface area contributed by atoms with E-state index in [1.54, 1.807) is 0 Å². The predicted octanol–water partition coefficient (Wildman–Crippen LogP) is 2.44. The van der Waals surface area contributed by atoms with Gasteiger partial charge in [0.25, 0.3) is 5.56 Å². The fraction of sp³-hybridized carbons (Fsp3) is 0.250. The lowest BCUT2D eigenvalue weighted by Crippen LogP contribution is -2.11. The van der Waals surface area contributed by atoms with E-state index in [0.29, 0.717) is 11.0 Å². The Kier molecular flexibility index (Phi) is 2.86. The highest BCUT2D eigenvalue weighted by Gasteiger charge is 2.17. The summed E-state index contributed by atoms with van der Waals surface area (Å²) in [6.07, 6.45) is 1.94. The van der Waals surface area contributed by atoms with E-state index in [2.05, 4.69) is 42.9 Å². The second-order valence-corrected chi connectivity index (χ2v) is 5.58. The van der Waals surface area contributed by atoms with Crippen molar-refractivity contribution in [2.24, 2.45) is 7.05 Å². The molecule has 0 spiro atoms. The molecule has 0 aliphatic heterocycles. The highest BCUT2D eigenvalue weighted by molar-refractivity contribution is 5.95. The van der Waals surface area contributed by atoms with E-state index in [-0.39, 0.29) is 11.5 Å². The van der Waals surface area contributed by atoms with Crippen LogP contribution in [0.1, 0.15) is 16.7 Å². The predicted molar refractivity (Wildman–Crippen MR) is 85.4 cm³/mol. The van der Waals surface area contributed by atoms with Gasteiger partial charge in [-0.1, -0.05) is 17.7 Å². The van der Waals surface area contributed by atoms with Crippen LogP contribution in [0.3, 0.4) is 0 Å². The molecule has 0 saturated heterocycles. The Morgan fingerprint density at radius 1 is 1.19 bits per heavy atom. The molecule has 2 heterocycles. The lowest BCUT2D eigenvalue weighted by Gasteiger charge is -2.10. The summed E-state index contributed by atoms with van der Waals surface area (Å²) in [4.78, 5) is 19.1. The van der Waals surface area contributed by atoms with Crippen molar-refractivity contribution in [3.8, 4) is 11.1 Å². The van der Waals surface area contributed by atoms with Crippen molar-refractivity contribution in [1.29, 1.82) is 0 Å². The number of nitrogens with two attached hydrogens (primary N) is 1. The molecule has 108 valence electrons. The second kappa shape index (κ2) is 4.48. The Morgan fingerprint density at radius 2 is 1.81 bits per heavy atom. The van der Waals surface area contributed by atoms with Crippen molar-refractivity contribution in [2.75, 3.05) is 5.73 Å². The van der Waals surface area contributed by atoms with Gasteiger partial charge in [0.15, 0.2) is 0 Å². The van der Waals surface area contributed by atoms with Gasteiger partial charge in [0.1, 0.15) is 5.65 Å². The molecule has 5 heteroatoms. The summed E-state index contributed by atoms with van der Waals surface area (Å²) in [5.41, 5.74) is 11.5. The largest absolute Gasteiger partial charge is 0.369 e. The van der Waals surface area contributed by atoms with Crippen molar-refractivity contribution >= 4 is 17.0 Å². The molecule has 3 N–H and O–H groups in total. The number of nitrogens with zero attached hydrogens (tertiary/aromatic N) is 2. The quantitative estimate of drug-likeness (QED) is 0.719. The maximum absolute atomic E-state index is 12.3. The number of H-pyrrole nitrogens is 1. The average molecular weight is 282 g/mol. The zero-order valence-corrected chi connectivity index (χ0v) is 12.6. The van der Waals surface area contributed by atoms with Crippen molar-refractivity contribution < 1.29 is 0 Å². The molecule has 0 unspecified atom stereocenters. The number of aryl methyl sites for hydroxylation is 4. The van der Waals surface area contributed by atoms with Crippen LogP contribution in [0.5, 0.6) is 0 Å². The third kappa shape index (κ3) is 2.01. The number of hydrogen-bond donors (Lipinski definition) is 2. The van der Waals surface area contributed by atoms with Crippen LogP contribution in [0.15, 0.2) is 23.1 Å². The third-order valence-electron chi connectivity index (χ3n) is 3.79. The minimum absolute atomic E-state index is 0.137. The van der Waals surface area contributed by atoms with Gasteiger partial charge in [0.2, 0.25) is 5.95 Å². The molecule has 0 amide bonds. The molecule has 5 nitrogen and oxygen atoms in total. The molecule has 0 radical (unpaired) electrons. The van der Waals surface area contributed by atoms with Crippen molar-refractivity contribution in [3.63, 3.8) is 0 Å². The van der Waals surface area contributed by atoms with Crippen LogP contribution in [0.2, 0.25) is 0 Å². The van der Waals surface area contributed by atoms with Gasteiger partial charge in [-0.3, -0.25) is 9.78 Å². The van der Waals surface area contributed by atoms with Gasteiger partial charge in [0, 0.05) is 18.8 Å². The second-order valence-electron chi connectivity index (χ2n) is 5.58. The van der Waals surface area contributed by atoms with E-state index in [4.69, 9.17) is 5.73 Å². The van der Waals surface area contributed by atoms with Crippen molar-refractivity contribution in [2.45, 2.75) is 20.8 Å². The number of aromatic amines is 1. The number of anilines is 1. The maximum atomic E-state index is 12.3. The van der Waals surface area contributed by atoms with Crippen LogP contribution >= 0.6 is 0 Å². The normalized spacial score (nSPS) is 11.2. The maximum Gasteiger partial charge on any atom is 0.262 e. The minimum Gasteiger partial charge on any atom is -0.369 e. The molecule has 3 rings (SSSR count). The Bertz CT molecular complexity index is 895. The zero-order chi connectivity index (χ0) is 15.3. The Balaban J connectivity index is 2.45. The average Bonchev–Trinajstić information content (AvgIpc) is 2.65. The van der Waals surface area contributed by atoms with E-state index in [1.165, 1.54) is 5.56 Å². The van der Waals surface area contributed by atoms with Crippen LogP contribution in [-0.4, -0.2) is 14.5 Å². The topological polar surface area (TPSA) is 76.7 Å². The lowest BCUT2D eigenvalue weighted by atomic mass is 9.94.